The maximum atomic E-state index is 13.3. The molecule has 1 heterocycles. The molecule has 2 aliphatic carbocycles. The summed E-state index contributed by atoms with van der Waals surface area (Å²) in [6, 6.07) is 11.5. The standard InChI is InChI=1S/C27H24Br2ClNO3/c1-31-20-4-2-6-22(32)25(20)24(26-21(31)5-3-7-23(26)33)18-12-16(28)13-19(29)27(18)34-14-15-8-10-17(30)11-9-15/h8-13,24H,2-7,14H2,1H3. The fourth-order valence-electron chi connectivity index (χ4n) is 5.35. The van der Waals surface area contributed by atoms with Gasteiger partial charge in [-0.2, -0.15) is 0 Å². The van der Waals surface area contributed by atoms with E-state index in [0.29, 0.717) is 30.2 Å². The van der Waals surface area contributed by atoms with E-state index in [1.807, 2.05) is 43.4 Å². The van der Waals surface area contributed by atoms with Crippen molar-refractivity contribution < 1.29 is 14.3 Å². The van der Waals surface area contributed by atoms with Gasteiger partial charge in [0.2, 0.25) is 0 Å². The number of carbonyl (C=O) groups is 2. The Morgan fingerprint density at radius 3 is 2.12 bits per heavy atom. The lowest BCUT2D eigenvalue weighted by Gasteiger charge is -2.42. The Kier molecular flexibility index (Phi) is 6.75. The van der Waals surface area contributed by atoms with Gasteiger partial charge in [0, 0.05) is 63.4 Å². The summed E-state index contributed by atoms with van der Waals surface area (Å²) in [5, 5.41) is 0.672. The van der Waals surface area contributed by atoms with Crippen molar-refractivity contribution in [2.24, 2.45) is 0 Å². The number of Topliss-reactive ketones (excluding diaryl/α,β-unsaturated/α-hetero) is 2. The van der Waals surface area contributed by atoms with Crippen molar-refractivity contribution in [2.75, 3.05) is 7.05 Å². The first kappa shape index (κ1) is 23.8. The van der Waals surface area contributed by atoms with Crippen molar-refractivity contribution in [2.45, 2.75) is 51.0 Å². The third kappa shape index (κ3) is 4.29. The lowest BCUT2D eigenvalue weighted by molar-refractivity contribution is -0.117. The number of hydrogen-bond acceptors (Lipinski definition) is 4. The first-order valence-electron chi connectivity index (χ1n) is 11.5. The molecule has 0 saturated heterocycles. The Hall–Kier alpha value is -1.89. The number of ketones is 2. The van der Waals surface area contributed by atoms with Gasteiger partial charge in [-0.25, -0.2) is 0 Å². The van der Waals surface area contributed by atoms with E-state index in [1.54, 1.807) is 0 Å². The third-order valence-electron chi connectivity index (χ3n) is 6.89. The Bertz CT molecular complexity index is 1210. The molecule has 0 aromatic heterocycles. The van der Waals surface area contributed by atoms with Crippen LogP contribution in [0.4, 0.5) is 0 Å². The van der Waals surface area contributed by atoms with Crippen LogP contribution in [0.25, 0.3) is 0 Å². The maximum absolute atomic E-state index is 13.3. The zero-order chi connectivity index (χ0) is 24.0. The summed E-state index contributed by atoms with van der Waals surface area (Å²) in [5.74, 6) is 0.490. The Morgan fingerprint density at radius 1 is 0.941 bits per heavy atom. The molecular weight excluding hydrogens is 582 g/mol. The minimum absolute atomic E-state index is 0.128. The molecular formula is C27H24Br2ClNO3. The molecule has 4 nitrogen and oxygen atoms in total. The highest BCUT2D eigenvalue weighted by Crippen LogP contribution is 2.52. The number of hydrogen-bond donors (Lipinski definition) is 0. The SMILES string of the molecule is CN1C2=C(C(=O)CCC2)C(c2cc(Br)cc(Br)c2OCc2ccc(Cl)cc2)C2=C1CCCC2=O. The lowest BCUT2D eigenvalue weighted by atomic mass is 9.71. The van der Waals surface area contributed by atoms with Gasteiger partial charge in [0.25, 0.3) is 0 Å². The first-order valence-corrected chi connectivity index (χ1v) is 13.4. The predicted octanol–water partition coefficient (Wildman–Crippen LogP) is 7.49. The summed E-state index contributed by atoms with van der Waals surface area (Å²) in [7, 11) is 2.01. The Balaban J connectivity index is 1.66. The molecule has 0 fully saturated rings. The van der Waals surface area contributed by atoms with Crippen molar-refractivity contribution in [3.8, 4) is 5.75 Å². The van der Waals surface area contributed by atoms with E-state index in [9.17, 15) is 9.59 Å². The van der Waals surface area contributed by atoms with Crippen LogP contribution in [-0.2, 0) is 16.2 Å². The van der Waals surface area contributed by atoms with Crippen molar-refractivity contribution in [3.63, 3.8) is 0 Å². The van der Waals surface area contributed by atoms with Gasteiger partial charge >= 0.3 is 0 Å². The number of benzene rings is 2. The molecule has 2 aromatic rings. The van der Waals surface area contributed by atoms with Crippen molar-refractivity contribution in [3.05, 3.63) is 84.0 Å². The maximum Gasteiger partial charge on any atom is 0.161 e. The van der Waals surface area contributed by atoms with Crippen LogP contribution in [0.1, 0.15) is 55.6 Å². The molecule has 0 saturated carbocycles. The van der Waals surface area contributed by atoms with Gasteiger partial charge in [-0.15, -0.1) is 0 Å². The predicted molar refractivity (Wildman–Crippen MR) is 140 cm³/mol. The zero-order valence-electron chi connectivity index (χ0n) is 18.8. The van der Waals surface area contributed by atoms with Crippen molar-refractivity contribution in [1.29, 1.82) is 0 Å². The number of allylic oxidation sites excluding steroid dienone is 4. The minimum atomic E-state index is -0.421. The van der Waals surface area contributed by atoms with Gasteiger partial charge in [0.1, 0.15) is 12.4 Å². The van der Waals surface area contributed by atoms with Crippen LogP contribution in [0.2, 0.25) is 5.02 Å². The second-order valence-corrected chi connectivity index (χ2v) is 11.2. The normalized spacial score (nSPS) is 18.9. The summed E-state index contributed by atoms with van der Waals surface area (Å²) in [6.45, 7) is 0.344. The molecule has 3 aliphatic rings. The Morgan fingerprint density at radius 2 is 1.53 bits per heavy atom. The van der Waals surface area contributed by atoms with Crippen LogP contribution in [0.15, 0.2) is 67.9 Å². The van der Waals surface area contributed by atoms with E-state index in [-0.39, 0.29) is 11.6 Å². The quantitative estimate of drug-likeness (QED) is 0.363. The molecule has 0 atom stereocenters. The van der Waals surface area contributed by atoms with Gasteiger partial charge in [-0.3, -0.25) is 9.59 Å². The molecule has 0 spiro atoms. The molecule has 0 amide bonds. The first-order chi connectivity index (χ1) is 16.3. The lowest BCUT2D eigenvalue weighted by Crippen LogP contribution is -2.37. The zero-order valence-corrected chi connectivity index (χ0v) is 22.7. The van der Waals surface area contributed by atoms with Crippen LogP contribution in [0.3, 0.4) is 0 Å². The topological polar surface area (TPSA) is 46.6 Å². The third-order valence-corrected chi connectivity index (χ3v) is 8.19. The van der Waals surface area contributed by atoms with E-state index in [1.165, 1.54) is 0 Å². The number of ether oxygens (including phenoxy) is 1. The van der Waals surface area contributed by atoms with E-state index in [4.69, 9.17) is 16.3 Å². The summed E-state index contributed by atoms with van der Waals surface area (Å²) >= 11 is 13.3. The van der Waals surface area contributed by atoms with Crippen LogP contribution in [0.5, 0.6) is 5.75 Å². The van der Waals surface area contributed by atoms with E-state index in [0.717, 1.165) is 68.3 Å². The van der Waals surface area contributed by atoms with Crippen molar-refractivity contribution >= 4 is 55.0 Å². The van der Waals surface area contributed by atoms with Crippen molar-refractivity contribution in [1.82, 2.24) is 4.90 Å². The summed E-state index contributed by atoms with van der Waals surface area (Å²) in [4.78, 5) is 28.8. The smallest absolute Gasteiger partial charge is 0.161 e. The molecule has 1 aliphatic heterocycles. The van der Waals surface area contributed by atoms with Gasteiger partial charge in [0.15, 0.2) is 11.6 Å². The number of nitrogens with zero attached hydrogens (tertiary/aromatic N) is 1. The molecule has 5 rings (SSSR count). The highest BCUT2D eigenvalue weighted by molar-refractivity contribution is 9.11. The van der Waals surface area contributed by atoms with Gasteiger partial charge < -0.3 is 9.64 Å². The molecule has 0 unspecified atom stereocenters. The second-order valence-electron chi connectivity index (χ2n) is 8.99. The molecule has 0 bridgehead atoms. The van der Waals surface area contributed by atoms with Crippen LogP contribution in [-0.4, -0.2) is 23.5 Å². The minimum Gasteiger partial charge on any atom is -0.487 e. The molecule has 2 aromatic carbocycles. The summed E-state index contributed by atoms with van der Waals surface area (Å²) in [6.07, 6.45) is 4.39. The molecule has 0 radical (unpaired) electrons. The second kappa shape index (κ2) is 9.63. The monoisotopic (exact) mass is 603 g/mol. The average Bonchev–Trinajstić information content (AvgIpc) is 2.80. The summed E-state index contributed by atoms with van der Waals surface area (Å²) in [5.41, 5.74) is 5.43. The van der Waals surface area contributed by atoms with Gasteiger partial charge in [0.05, 0.1) is 4.47 Å². The van der Waals surface area contributed by atoms with E-state index in [2.05, 4.69) is 36.8 Å². The van der Waals surface area contributed by atoms with Gasteiger partial charge in [-0.1, -0.05) is 39.7 Å². The molecule has 176 valence electrons. The highest BCUT2D eigenvalue weighted by Gasteiger charge is 2.43. The van der Waals surface area contributed by atoms with Crippen LogP contribution >= 0.6 is 43.5 Å². The van der Waals surface area contributed by atoms with E-state index < -0.39 is 5.92 Å². The largest absolute Gasteiger partial charge is 0.487 e. The van der Waals surface area contributed by atoms with E-state index >= 15 is 0 Å². The number of rotatable bonds is 4. The molecule has 0 N–H and O–H groups in total. The average molecular weight is 606 g/mol. The molecule has 34 heavy (non-hydrogen) atoms. The molecule has 7 heteroatoms. The Labute approximate surface area is 221 Å². The summed E-state index contributed by atoms with van der Waals surface area (Å²) < 4.78 is 8.01. The van der Waals surface area contributed by atoms with Crippen LogP contribution < -0.4 is 4.74 Å². The van der Waals surface area contributed by atoms with Crippen LogP contribution in [0, 0.1) is 0 Å². The fraction of sp³-hybridized carbons (Fsp3) is 0.333. The number of halogens is 3. The highest BCUT2D eigenvalue weighted by atomic mass is 79.9. The number of carbonyl (C=O) groups excluding carboxylic acids is 2. The van der Waals surface area contributed by atoms with Gasteiger partial charge in [-0.05, 0) is 71.4 Å². The fourth-order valence-corrected chi connectivity index (χ4v) is 6.85.